The van der Waals surface area contributed by atoms with Crippen molar-refractivity contribution in [1.82, 2.24) is 4.98 Å². The van der Waals surface area contributed by atoms with Crippen LogP contribution >= 0.6 is 0 Å². The number of hydrogen-bond acceptors (Lipinski definition) is 5. The van der Waals surface area contributed by atoms with Crippen molar-refractivity contribution in [3.05, 3.63) is 18.3 Å². The van der Waals surface area contributed by atoms with Crippen LogP contribution in [0.3, 0.4) is 0 Å². The van der Waals surface area contributed by atoms with Gasteiger partial charge in [0.25, 0.3) is 0 Å². The van der Waals surface area contributed by atoms with Crippen LogP contribution in [0.1, 0.15) is 0 Å². The normalized spacial score (nSPS) is 11.3. The quantitative estimate of drug-likeness (QED) is 0.475. The van der Waals surface area contributed by atoms with Gasteiger partial charge >= 0.3 is 0 Å². The molecule has 0 saturated heterocycles. The lowest BCUT2D eigenvalue weighted by molar-refractivity contribution is 0.597. The number of sulfonamides is 1. The number of primary sulfonamides is 1. The zero-order chi connectivity index (χ0) is 10.1. The van der Waals surface area contributed by atoms with E-state index in [9.17, 15) is 8.42 Å². The Bertz CT molecular complexity index is 401. The molecule has 0 fully saturated rings. The Hall–Kier alpha value is -1.18. The summed E-state index contributed by atoms with van der Waals surface area (Å²) in [4.78, 5) is 3.70. The van der Waals surface area contributed by atoms with E-state index in [1.54, 1.807) is 0 Å². The van der Waals surface area contributed by atoms with Crippen LogP contribution in [-0.4, -0.2) is 20.4 Å². The first kappa shape index (κ1) is 9.90. The molecule has 7 heteroatoms. The molecule has 0 unspecified atom stereocenters. The summed E-state index contributed by atoms with van der Waals surface area (Å²) in [6.45, 7) is 0. The van der Waals surface area contributed by atoms with E-state index in [4.69, 9.17) is 11.0 Å². The summed E-state index contributed by atoms with van der Waals surface area (Å²) in [5, 5.41) is 6.04. The van der Waals surface area contributed by atoms with Crippen molar-refractivity contribution < 1.29 is 8.42 Å². The van der Waals surface area contributed by atoms with Gasteiger partial charge in [-0.15, -0.1) is 0 Å². The fourth-order valence-corrected chi connectivity index (χ4v) is 1.59. The summed E-state index contributed by atoms with van der Waals surface area (Å²) in [6, 6.07) is 2.83. The van der Waals surface area contributed by atoms with Crippen molar-refractivity contribution in [3.8, 4) is 0 Å². The van der Waals surface area contributed by atoms with Gasteiger partial charge in [-0.2, -0.15) is 0 Å². The molecule has 13 heavy (non-hydrogen) atoms. The summed E-state index contributed by atoms with van der Waals surface area (Å²) in [6.07, 6.45) is 1.44. The highest BCUT2D eigenvalue weighted by Crippen LogP contribution is 2.17. The minimum Gasteiger partial charge on any atom is -0.297 e. The van der Waals surface area contributed by atoms with Crippen molar-refractivity contribution >= 4 is 15.8 Å². The highest BCUT2D eigenvalue weighted by molar-refractivity contribution is 7.89. The minimum atomic E-state index is -3.76. The summed E-state index contributed by atoms with van der Waals surface area (Å²) in [5.74, 6) is 5.49. The van der Waals surface area contributed by atoms with Crippen LogP contribution in [0, 0.1) is 0 Å². The molecule has 4 N–H and O–H groups in total. The number of nitrogens with zero attached hydrogens (tertiary/aromatic N) is 2. The average Bonchev–Trinajstić information content (AvgIpc) is 2.03. The molecule has 0 aliphatic heterocycles. The van der Waals surface area contributed by atoms with Crippen LogP contribution in [-0.2, 0) is 10.0 Å². The van der Waals surface area contributed by atoms with E-state index in [2.05, 4.69) is 4.98 Å². The van der Waals surface area contributed by atoms with Crippen LogP contribution < -0.4 is 16.0 Å². The second-order valence-electron chi connectivity index (χ2n) is 2.48. The second kappa shape index (κ2) is 3.29. The maximum absolute atomic E-state index is 11.0. The largest absolute Gasteiger partial charge is 0.297 e. The maximum atomic E-state index is 11.0. The van der Waals surface area contributed by atoms with Gasteiger partial charge in [-0.25, -0.2) is 24.4 Å². The lowest BCUT2D eigenvalue weighted by Crippen LogP contribution is -2.29. The Balaban J connectivity index is 3.37. The highest BCUT2D eigenvalue weighted by Gasteiger charge is 2.15. The number of hydrazine groups is 1. The van der Waals surface area contributed by atoms with Crippen LogP contribution in [0.2, 0.25) is 0 Å². The molecule has 0 aliphatic carbocycles. The molecule has 1 rings (SSSR count). The van der Waals surface area contributed by atoms with Gasteiger partial charge in [-0.05, 0) is 12.1 Å². The molecular formula is C6H10N4O2S. The Kier molecular flexibility index (Phi) is 2.50. The second-order valence-corrected chi connectivity index (χ2v) is 4.01. The molecule has 1 heterocycles. The lowest BCUT2D eigenvalue weighted by Gasteiger charge is -2.13. The van der Waals surface area contributed by atoms with Gasteiger partial charge in [0.15, 0.2) is 5.82 Å². The van der Waals surface area contributed by atoms with Crippen LogP contribution in [0.25, 0.3) is 0 Å². The SMILES string of the molecule is CN(N)c1ncccc1S(N)(=O)=O. The zero-order valence-electron chi connectivity index (χ0n) is 7.01. The van der Waals surface area contributed by atoms with Gasteiger partial charge < -0.3 is 0 Å². The van der Waals surface area contributed by atoms with Crippen molar-refractivity contribution in [2.75, 3.05) is 12.1 Å². The first-order chi connectivity index (χ1) is 5.93. The van der Waals surface area contributed by atoms with E-state index >= 15 is 0 Å². The Morgan fingerprint density at radius 1 is 1.54 bits per heavy atom. The number of pyridine rings is 1. The predicted octanol–water partition coefficient (Wildman–Crippen LogP) is -0.961. The summed E-state index contributed by atoms with van der Waals surface area (Å²) < 4.78 is 22.0. The molecule has 0 saturated carbocycles. The monoisotopic (exact) mass is 202 g/mol. The first-order valence-corrected chi connectivity index (χ1v) is 4.94. The third-order valence-electron chi connectivity index (χ3n) is 1.39. The summed E-state index contributed by atoms with van der Waals surface area (Å²) in [7, 11) is -2.28. The van der Waals surface area contributed by atoms with E-state index in [1.807, 2.05) is 0 Å². The Morgan fingerprint density at radius 3 is 2.54 bits per heavy atom. The number of rotatable bonds is 2. The van der Waals surface area contributed by atoms with E-state index in [0.29, 0.717) is 0 Å². The summed E-state index contributed by atoms with van der Waals surface area (Å²) in [5.41, 5.74) is 0. The average molecular weight is 202 g/mol. The number of hydrogen-bond donors (Lipinski definition) is 2. The van der Waals surface area contributed by atoms with Gasteiger partial charge in [-0.1, -0.05) is 0 Å². The third kappa shape index (κ3) is 2.14. The molecule has 0 spiro atoms. The summed E-state index contributed by atoms with van der Waals surface area (Å²) >= 11 is 0. The molecule has 0 bridgehead atoms. The molecule has 0 atom stereocenters. The fraction of sp³-hybridized carbons (Fsp3) is 0.167. The first-order valence-electron chi connectivity index (χ1n) is 3.39. The van der Waals surface area contributed by atoms with Gasteiger partial charge in [0.05, 0.1) is 0 Å². The van der Waals surface area contributed by atoms with Gasteiger partial charge in [-0.3, -0.25) is 5.01 Å². The molecule has 0 aliphatic rings. The van der Waals surface area contributed by atoms with Crippen LogP contribution in [0.4, 0.5) is 5.82 Å². The Labute approximate surface area is 76.2 Å². The smallest absolute Gasteiger partial charge is 0.241 e. The van der Waals surface area contributed by atoms with Gasteiger partial charge in [0.2, 0.25) is 10.0 Å². The minimum absolute atomic E-state index is 0.0833. The molecule has 1 aromatic rings. The Morgan fingerprint density at radius 2 is 2.15 bits per heavy atom. The van der Waals surface area contributed by atoms with Crippen molar-refractivity contribution in [3.63, 3.8) is 0 Å². The van der Waals surface area contributed by atoms with E-state index in [-0.39, 0.29) is 10.7 Å². The highest BCUT2D eigenvalue weighted by atomic mass is 32.2. The lowest BCUT2D eigenvalue weighted by atomic mass is 10.4. The number of aromatic nitrogens is 1. The topological polar surface area (TPSA) is 102 Å². The standard InChI is InChI=1S/C6H10N4O2S/c1-10(7)6-5(13(8,11)12)3-2-4-9-6/h2-4H,7H2,1H3,(H2,8,11,12). The zero-order valence-corrected chi connectivity index (χ0v) is 7.82. The van der Waals surface area contributed by atoms with Gasteiger partial charge in [0.1, 0.15) is 4.90 Å². The van der Waals surface area contributed by atoms with Crippen LogP contribution in [0.5, 0.6) is 0 Å². The van der Waals surface area contributed by atoms with Crippen molar-refractivity contribution in [2.24, 2.45) is 11.0 Å². The van der Waals surface area contributed by atoms with Crippen molar-refractivity contribution in [2.45, 2.75) is 4.90 Å². The van der Waals surface area contributed by atoms with E-state index < -0.39 is 10.0 Å². The molecule has 1 aromatic heterocycles. The third-order valence-corrected chi connectivity index (χ3v) is 2.32. The maximum Gasteiger partial charge on any atom is 0.241 e. The molecule has 0 radical (unpaired) electrons. The van der Waals surface area contributed by atoms with Crippen molar-refractivity contribution in [1.29, 1.82) is 0 Å². The molecule has 6 nitrogen and oxygen atoms in total. The number of nitrogens with two attached hydrogens (primary N) is 2. The van der Waals surface area contributed by atoms with Gasteiger partial charge in [0, 0.05) is 13.2 Å². The van der Waals surface area contributed by atoms with E-state index in [0.717, 1.165) is 5.01 Å². The predicted molar refractivity (Wildman–Crippen MR) is 48.2 cm³/mol. The van der Waals surface area contributed by atoms with E-state index in [1.165, 1.54) is 25.4 Å². The molecule has 0 amide bonds. The molecule has 0 aromatic carbocycles. The fourth-order valence-electron chi connectivity index (χ4n) is 0.869. The molecule has 72 valence electrons. The molecular weight excluding hydrogens is 192 g/mol. The number of anilines is 1. The van der Waals surface area contributed by atoms with Crippen LogP contribution in [0.15, 0.2) is 23.2 Å².